The molecule has 0 aliphatic heterocycles. The van der Waals surface area contributed by atoms with Crippen LogP contribution in [0.25, 0.3) is 0 Å². The Morgan fingerprint density at radius 2 is 1.94 bits per heavy atom. The summed E-state index contributed by atoms with van der Waals surface area (Å²) in [6.45, 7) is 5.47. The average molecular weight is 230 g/mol. The van der Waals surface area contributed by atoms with E-state index >= 15 is 0 Å². The Morgan fingerprint density at radius 1 is 1.38 bits per heavy atom. The second kappa shape index (κ2) is 6.48. The third kappa shape index (κ3) is 5.70. The van der Waals surface area contributed by atoms with Crippen LogP contribution in [0.2, 0.25) is 0 Å². The summed E-state index contributed by atoms with van der Waals surface area (Å²) >= 11 is 0. The number of hydrogen-bond acceptors (Lipinski definition) is 3. The minimum Gasteiger partial charge on any atom is -0.393 e. The Labute approximate surface area is 96.6 Å². The van der Waals surface area contributed by atoms with Crippen molar-refractivity contribution < 1.29 is 14.7 Å². The molecule has 0 aliphatic rings. The zero-order valence-corrected chi connectivity index (χ0v) is 10.5. The van der Waals surface area contributed by atoms with Gasteiger partial charge in [0.1, 0.15) is 0 Å². The van der Waals surface area contributed by atoms with E-state index in [1.54, 1.807) is 27.8 Å². The molecule has 3 N–H and O–H groups in total. The number of nitrogens with one attached hydrogen (secondary N) is 2. The van der Waals surface area contributed by atoms with Gasteiger partial charge in [0.2, 0.25) is 11.8 Å². The highest BCUT2D eigenvalue weighted by Crippen LogP contribution is 2.13. The van der Waals surface area contributed by atoms with Crippen molar-refractivity contribution in [1.82, 2.24) is 10.6 Å². The quantitative estimate of drug-likeness (QED) is 0.602. The molecule has 0 aromatic rings. The first-order valence-corrected chi connectivity index (χ1v) is 5.46. The van der Waals surface area contributed by atoms with Crippen LogP contribution in [0.5, 0.6) is 0 Å². The van der Waals surface area contributed by atoms with E-state index in [-0.39, 0.29) is 18.2 Å². The number of carbonyl (C=O) groups is 2. The van der Waals surface area contributed by atoms with E-state index in [1.807, 2.05) is 0 Å². The topological polar surface area (TPSA) is 78.4 Å². The molecule has 1 unspecified atom stereocenters. The van der Waals surface area contributed by atoms with Crippen LogP contribution < -0.4 is 10.6 Å². The van der Waals surface area contributed by atoms with Crippen LogP contribution >= 0.6 is 0 Å². The molecule has 1 atom stereocenters. The van der Waals surface area contributed by atoms with Gasteiger partial charge < -0.3 is 15.7 Å². The highest BCUT2D eigenvalue weighted by molar-refractivity contribution is 5.83. The number of amides is 2. The Balaban J connectivity index is 3.95. The van der Waals surface area contributed by atoms with Gasteiger partial charge >= 0.3 is 0 Å². The number of aliphatic hydroxyl groups is 1. The van der Waals surface area contributed by atoms with E-state index in [0.717, 1.165) is 0 Å². The van der Waals surface area contributed by atoms with Gasteiger partial charge in [0.05, 0.1) is 11.5 Å². The summed E-state index contributed by atoms with van der Waals surface area (Å²) in [5.41, 5.74) is -0.616. The maximum atomic E-state index is 11.4. The summed E-state index contributed by atoms with van der Waals surface area (Å²) in [6.07, 6.45) is 0.242. The van der Waals surface area contributed by atoms with Gasteiger partial charge in [-0.3, -0.25) is 9.59 Å². The third-order valence-corrected chi connectivity index (χ3v) is 2.36. The molecule has 0 bridgehead atoms. The predicted octanol–water partition coefficient (Wildman–Crippen LogP) is 0.0358. The molecule has 0 saturated carbocycles. The second-order valence-corrected chi connectivity index (χ2v) is 4.63. The molecule has 0 aromatic carbocycles. The van der Waals surface area contributed by atoms with Crippen LogP contribution in [0, 0.1) is 5.41 Å². The molecule has 5 heteroatoms. The van der Waals surface area contributed by atoms with Crippen molar-refractivity contribution in [1.29, 1.82) is 0 Å². The van der Waals surface area contributed by atoms with Gasteiger partial charge in [-0.2, -0.15) is 0 Å². The lowest BCUT2D eigenvalue weighted by Gasteiger charge is -2.22. The summed E-state index contributed by atoms with van der Waals surface area (Å²) < 4.78 is 0. The standard InChI is InChI=1S/C11H22N2O3/c1-8(14)5-6-9(15)13-7-11(2,3)10(16)12-4/h8,14H,5-7H2,1-4H3,(H,12,16)(H,13,15). The molecule has 0 spiro atoms. The molecule has 0 radical (unpaired) electrons. The molecule has 94 valence electrons. The van der Waals surface area contributed by atoms with Crippen LogP contribution in [0.4, 0.5) is 0 Å². The van der Waals surface area contributed by atoms with Gasteiger partial charge in [0.15, 0.2) is 0 Å². The van der Waals surface area contributed by atoms with Crippen LogP contribution in [0.15, 0.2) is 0 Å². The number of carbonyl (C=O) groups excluding carboxylic acids is 2. The summed E-state index contributed by atoms with van der Waals surface area (Å²) in [5.74, 6) is -0.249. The van der Waals surface area contributed by atoms with Crippen LogP contribution in [-0.4, -0.2) is 36.6 Å². The summed E-state index contributed by atoms with van der Waals surface area (Å²) in [6, 6.07) is 0. The molecule has 0 saturated heterocycles. The van der Waals surface area contributed by atoms with Gasteiger partial charge in [0, 0.05) is 20.0 Å². The lowest BCUT2D eigenvalue weighted by atomic mass is 9.92. The first-order chi connectivity index (χ1) is 7.29. The molecule has 5 nitrogen and oxygen atoms in total. The molecule has 0 aliphatic carbocycles. The Kier molecular flexibility index (Phi) is 6.03. The monoisotopic (exact) mass is 230 g/mol. The largest absolute Gasteiger partial charge is 0.393 e. The fourth-order valence-corrected chi connectivity index (χ4v) is 1.17. The smallest absolute Gasteiger partial charge is 0.227 e. The van der Waals surface area contributed by atoms with Crippen molar-refractivity contribution in [2.45, 2.75) is 39.7 Å². The lowest BCUT2D eigenvalue weighted by molar-refractivity contribution is -0.129. The molecule has 0 rings (SSSR count). The predicted molar refractivity (Wildman–Crippen MR) is 61.8 cm³/mol. The maximum Gasteiger partial charge on any atom is 0.227 e. The van der Waals surface area contributed by atoms with E-state index in [4.69, 9.17) is 5.11 Å². The fourth-order valence-electron chi connectivity index (χ4n) is 1.17. The van der Waals surface area contributed by atoms with Crippen LogP contribution in [-0.2, 0) is 9.59 Å². The molecule has 0 heterocycles. The number of rotatable bonds is 6. The maximum absolute atomic E-state index is 11.4. The highest BCUT2D eigenvalue weighted by atomic mass is 16.3. The number of hydrogen-bond donors (Lipinski definition) is 3. The minimum absolute atomic E-state index is 0.108. The summed E-state index contributed by atoms with van der Waals surface area (Å²) in [4.78, 5) is 22.8. The summed E-state index contributed by atoms with van der Waals surface area (Å²) in [5, 5.41) is 14.2. The van der Waals surface area contributed by atoms with E-state index in [2.05, 4.69) is 10.6 Å². The van der Waals surface area contributed by atoms with Crippen LogP contribution in [0.3, 0.4) is 0 Å². The normalized spacial score (nSPS) is 13.1. The van der Waals surface area contributed by atoms with Crippen molar-refractivity contribution in [2.24, 2.45) is 5.41 Å². The van der Waals surface area contributed by atoms with Gasteiger partial charge in [-0.05, 0) is 27.2 Å². The molecular formula is C11H22N2O3. The average Bonchev–Trinajstić information content (AvgIpc) is 2.22. The lowest BCUT2D eigenvalue weighted by Crippen LogP contribution is -2.43. The van der Waals surface area contributed by atoms with Crippen molar-refractivity contribution in [3.8, 4) is 0 Å². The van der Waals surface area contributed by atoms with Crippen molar-refractivity contribution in [2.75, 3.05) is 13.6 Å². The SMILES string of the molecule is CNC(=O)C(C)(C)CNC(=O)CCC(C)O. The Bertz CT molecular complexity index is 250. The van der Waals surface area contributed by atoms with Crippen LogP contribution in [0.1, 0.15) is 33.6 Å². The first kappa shape index (κ1) is 14.9. The third-order valence-electron chi connectivity index (χ3n) is 2.36. The van der Waals surface area contributed by atoms with E-state index in [0.29, 0.717) is 13.0 Å². The summed E-state index contributed by atoms with van der Waals surface area (Å²) in [7, 11) is 1.57. The Morgan fingerprint density at radius 3 is 2.38 bits per heavy atom. The zero-order chi connectivity index (χ0) is 12.8. The Hall–Kier alpha value is -1.10. The van der Waals surface area contributed by atoms with Gasteiger partial charge in [-0.25, -0.2) is 0 Å². The van der Waals surface area contributed by atoms with Crippen molar-refractivity contribution >= 4 is 11.8 Å². The van der Waals surface area contributed by atoms with Gasteiger partial charge in [-0.15, -0.1) is 0 Å². The molecule has 16 heavy (non-hydrogen) atoms. The van der Waals surface area contributed by atoms with Crippen molar-refractivity contribution in [3.05, 3.63) is 0 Å². The highest BCUT2D eigenvalue weighted by Gasteiger charge is 2.26. The van der Waals surface area contributed by atoms with Gasteiger partial charge in [0.25, 0.3) is 0 Å². The minimum atomic E-state index is -0.616. The zero-order valence-electron chi connectivity index (χ0n) is 10.5. The molecule has 2 amide bonds. The van der Waals surface area contributed by atoms with E-state index < -0.39 is 11.5 Å². The molecule has 0 aromatic heterocycles. The number of aliphatic hydroxyl groups excluding tert-OH is 1. The fraction of sp³-hybridized carbons (Fsp3) is 0.818. The van der Waals surface area contributed by atoms with E-state index in [1.165, 1.54) is 0 Å². The molecule has 0 fully saturated rings. The van der Waals surface area contributed by atoms with Gasteiger partial charge in [-0.1, -0.05) is 0 Å². The second-order valence-electron chi connectivity index (χ2n) is 4.63. The van der Waals surface area contributed by atoms with E-state index in [9.17, 15) is 9.59 Å². The molecular weight excluding hydrogens is 208 g/mol. The van der Waals surface area contributed by atoms with Crippen molar-refractivity contribution in [3.63, 3.8) is 0 Å². The first-order valence-electron chi connectivity index (χ1n) is 5.46.